The normalized spacial score (nSPS) is 38.2. The van der Waals surface area contributed by atoms with Crippen molar-refractivity contribution in [2.24, 2.45) is 28.6 Å². The van der Waals surface area contributed by atoms with E-state index < -0.39 is 0 Å². The van der Waals surface area contributed by atoms with Crippen molar-refractivity contribution >= 4 is 11.0 Å². The Kier molecular flexibility index (Phi) is 4.81. The van der Waals surface area contributed by atoms with E-state index in [1.807, 2.05) is 18.2 Å². The van der Waals surface area contributed by atoms with Crippen LogP contribution < -0.4 is 10.4 Å². The minimum atomic E-state index is -0.344. The highest BCUT2D eigenvalue weighted by atomic mass is 16.5. The molecule has 1 aromatic heterocycles. The van der Waals surface area contributed by atoms with Crippen LogP contribution >= 0.6 is 0 Å². The zero-order valence-corrected chi connectivity index (χ0v) is 17.4. The molecule has 2 fully saturated rings. The quantitative estimate of drug-likeness (QED) is 0.755. The second-order valence-corrected chi connectivity index (χ2v) is 9.68. The van der Waals surface area contributed by atoms with Gasteiger partial charge in [0, 0.05) is 22.9 Å². The highest BCUT2D eigenvalue weighted by molar-refractivity contribution is 5.77. The van der Waals surface area contributed by atoms with Crippen LogP contribution in [0, 0.1) is 28.6 Å². The van der Waals surface area contributed by atoms with Crippen LogP contribution in [0.4, 0.5) is 0 Å². The zero-order valence-electron chi connectivity index (χ0n) is 17.4. The molecule has 2 aliphatic rings. The molecule has 1 aromatic carbocycles. The van der Waals surface area contributed by atoms with Crippen molar-refractivity contribution < 1.29 is 14.3 Å². The van der Waals surface area contributed by atoms with Crippen molar-refractivity contribution in [3.8, 4) is 5.75 Å². The van der Waals surface area contributed by atoms with Crippen LogP contribution in [-0.2, 0) is 0 Å². The van der Waals surface area contributed by atoms with E-state index in [2.05, 4.69) is 27.7 Å². The van der Waals surface area contributed by atoms with E-state index in [9.17, 15) is 9.90 Å². The van der Waals surface area contributed by atoms with E-state index in [4.69, 9.17) is 9.15 Å². The third-order valence-electron chi connectivity index (χ3n) is 8.35. The number of aliphatic hydroxyl groups is 1. The summed E-state index contributed by atoms with van der Waals surface area (Å²) in [5.41, 5.74) is 0.418. The first-order chi connectivity index (χ1) is 13.2. The largest absolute Gasteiger partial charge is 0.493 e. The third kappa shape index (κ3) is 3.06. The lowest BCUT2D eigenvalue weighted by Gasteiger charge is -2.60. The molecule has 2 aliphatic carbocycles. The van der Waals surface area contributed by atoms with Gasteiger partial charge in [0.2, 0.25) is 0 Å². The predicted octanol–water partition coefficient (Wildman–Crippen LogP) is 5.02. The van der Waals surface area contributed by atoms with Gasteiger partial charge in [-0.25, -0.2) is 4.79 Å². The van der Waals surface area contributed by atoms with E-state index in [1.54, 1.807) is 6.07 Å². The first-order valence-electron chi connectivity index (χ1n) is 10.6. The highest BCUT2D eigenvalue weighted by Gasteiger charge is 2.57. The molecule has 0 radical (unpaired) electrons. The lowest BCUT2D eigenvalue weighted by molar-refractivity contribution is -0.152. The summed E-state index contributed by atoms with van der Waals surface area (Å²) >= 11 is 0. The number of fused-ring (bicyclic) bond motifs is 2. The van der Waals surface area contributed by atoms with Gasteiger partial charge in [-0.2, -0.15) is 0 Å². The maximum absolute atomic E-state index is 11.5. The Morgan fingerprint density at radius 1 is 1.14 bits per heavy atom. The van der Waals surface area contributed by atoms with Crippen LogP contribution in [0.5, 0.6) is 5.75 Å². The van der Waals surface area contributed by atoms with Crippen LogP contribution in [0.3, 0.4) is 0 Å². The summed E-state index contributed by atoms with van der Waals surface area (Å²) in [5, 5.41) is 11.4. The second kappa shape index (κ2) is 6.91. The minimum absolute atomic E-state index is 0.0495. The van der Waals surface area contributed by atoms with Crippen molar-refractivity contribution in [3.05, 3.63) is 40.8 Å². The molecular formula is C24H32O4. The van der Waals surface area contributed by atoms with Gasteiger partial charge < -0.3 is 14.3 Å². The molecule has 2 saturated carbocycles. The maximum Gasteiger partial charge on any atom is 0.336 e. The molecule has 4 heteroatoms. The fourth-order valence-corrected chi connectivity index (χ4v) is 5.97. The van der Waals surface area contributed by atoms with Crippen molar-refractivity contribution in [3.63, 3.8) is 0 Å². The van der Waals surface area contributed by atoms with Gasteiger partial charge >= 0.3 is 5.63 Å². The number of hydrogen-bond acceptors (Lipinski definition) is 4. The zero-order chi connectivity index (χ0) is 20.1. The summed E-state index contributed by atoms with van der Waals surface area (Å²) in [6.45, 7) is 9.95. The molecule has 4 nitrogen and oxygen atoms in total. The molecule has 0 saturated heterocycles. The number of benzene rings is 1. The Hall–Kier alpha value is -1.81. The smallest absolute Gasteiger partial charge is 0.336 e. The average molecular weight is 385 g/mol. The van der Waals surface area contributed by atoms with E-state index >= 15 is 0 Å². The third-order valence-corrected chi connectivity index (χ3v) is 8.35. The Bertz CT molecular complexity index is 918. The number of rotatable bonds is 3. The summed E-state index contributed by atoms with van der Waals surface area (Å²) in [7, 11) is 0. The first-order valence-corrected chi connectivity index (χ1v) is 10.6. The summed E-state index contributed by atoms with van der Waals surface area (Å²) < 4.78 is 11.6. The van der Waals surface area contributed by atoms with Gasteiger partial charge in [0.25, 0.3) is 0 Å². The fourth-order valence-electron chi connectivity index (χ4n) is 5.97. The SMILES string of the molecule is CC1CCC2(C)C(C)C(O)CCC2C1(C)COc1ccc2ccc(=O)oc2c1. The molecule has 6 unspecified atom stereocenters. The molecule has 1 heterocycles. The lowest BCUT2D eigenvalue weighted by Crippen LogP contribution is -2.57. The van der Waals surface area contributed by atoms with Gasteiger partial charge in [-0.3, -0.25) is 0 Å². The number of hydrogen-bond donors (Lipinski definition) is 1. The molecule has 0 spiro atoms. The monoisotopic (exact) mass is 384 g/mol. The van der Waals surface area contributed by atoms with Crippen molar-refractivity contribution in [2.45, 2.75) is 59.5 Å². The minimum Gasteiger partial charge on any atom is -0.493 e. The number of aliphatic hydroxyl groups excluding tert-OH is 1. The molecule has 2 aromatic rings. The molecule has 0 aliphatic heterocycles. The van der Waals surface area contributed by atoms with E-state index in [-0.39, 0.29) is 22.6 Å². The average Bonchev–Trinajstić information content (AvgIpc) is 2.67. The predicted molar refractivity (Wildman–Crippen MR) is 110 cm³/mol. The summed E-state index contributed by atoms with van der Waals surface area (Å²) in [6.07, 6.45) is 4.08. The number of ether oxygens (including phenoxy) is 1. The summed E-state index contributed by atoms with van der Waals surface area (Å²) in [5.74, 6) is 2.14. The first kappa shape index (κ1) is 19.5. The summed E-state index contributed by atoms with van der Waals surface area (Å²) in [4.78, 5) is 11.5. The van der Waals surface area contributed by atoms with Crippen molar-refractivity contribution in [1.29, 1.82) is 0 Å². The van der Waals surface area contributed by atoms with E-state index in [0.29, 0.717) is 29.9 Å². The highest BCUT2D eigenvalue weighted by Crippen LogP contribution is 2.61. The van der Waals surface area contributed by atoms with Crippen molar-refractivity contribution in [1.82, 2.24) is 0 Å². The Balaban J connectivity index is 1.59. The summed E-state index contributed by atoms with van der Waals surface area (Å²) in [6, 6.07) is 8.91. The van der Waals surface area contributed by atoms with Crippen LogP contribution in [0.25, 0.3) is 11.0 Å². The second-order valence-electron chi connectivity index (χ2n) is 9.68. The molecule has 4 rings (SSSR count). The molecule has 152 valence electrons. The van der Waals surface area contributed by atoms with Gasteiger partial charge in [0.1, 0.15) is 11.3 Å². The molecule has 0 amide bonds. The van der Waals surface area contributed by atoms with Crippen LogP contribution in [-0.4, -0.2) is 17.8 Å². The molecule has 1 N–H and O–H groups in total. The Morgan fingerprint density at radius 3 is 2.68 bits per heavy atom. The van der Waals surface area contributed by atoms with Crippen LogP contribution in [0.15, 0.2) is 39.5 Å². The Morgan fingerprint density at radius 2 is 1.89 bits per heavy atom. The van der Waals surface area contributed by atoms with Crippen molar-refractivity contribution in [2.75, 3.05) is 6.61 Å². The fraction of sp³-hybridized carbons (Fsp3) is 0.625. The molecule has 6 atom stereocenters. The maximum atomic E-state index is 11.5. The van der Waals surface area contributed by atoms with Crippen LogP contribution in [0.1, 0.15) is 53.4 Å². The van der Waals surface area contributed by atoms with E-state index in [1.165, 1.54) is 12.5 Å². The van der Waals surface area contributed by atoms with Gasteiger partial charge in [-0.1, -0.05) is 27.7 Å². The molecule has 0 bridgehead atoms. The standard InChI is InChI=1S/C24H32O4/c1-15-11-12-23(3)16(2)19(25)8-9-21(23)24(15,4)14-27-18-7-5-17-6-10-22(26)28-20(17)13-18/h5-7,10,13,15-16,19,21,25H,8-9,11-12,14H2,1-4H3. The molecule has 28 heavy (non-hydrogen) atoms. The molecular weight excluding hydrogens is 352 g/mol. The Labute approximate surface area is 166 Å². The van der Waals surface area contributed by atoms with Gasteiger partial charge in [0.15, 0.2) is 0 Å². The topological polar surface area (TPSA) is 59.7 Å². The van der Waals surface area contributed by atoms with Gasteiger partial charge in [-0.15, -0.1) is 0 Å². The van der Waals surface area contributed by atoms with E-state index in [0.717, 1.165) is 30.4 Å². The van der Waals surface area contributed by atoms with Crippen LogP contribution in [0.2, 0.25) is 0 Å². The lowest BCUT2D eigenvalue weighted by atomic mass is 9.45. The van der Waals surface area contributed by atoms with Gasteiger partial charge in [0.05, 0.1) is 12.7 Å². The van der Waals surface area contributed by atoms with Gasteiger partial charge in [-0.05, 0) is 67.1 Å².